The van der Waals surface area contributed by atoms with Gasteiger partial charge < -0.3 is 0 Å². The van der Waals surface area contributed by atoms with Gasteiger partial charge in [0.1, 0.15) is 0 Å². The van der Waals surface area contributed by atoms with Gasteiger partial charge in [-0.25, -0.2) is 0 Å². The minimum Gasteiger partial charge on any atom is -0.0990 e. The van der Waals surface area contributed by atoms with E-state index in [1.807, 2.05) is 0 Å². The summed E-state index contributed by atoms with van der Waals surface area (Å²) in [7, 11) is 0. The molecule has 0 N–H and O–H groups in total. The molecule has 0 nitrogen and oxygen atoms in total. The predicted molar refractivity (Wildman–Crippen MR) is 87.4 cm³/mol. The molecule has 1 atom stereocenters. The minimum atomic E-state index is 0.129. The molecule has 0 aromatic heterocycles. The number of hydrogen-bond donors (Lipinski definition) is 0. The summed E-state index contributed by atoms with van der Waals surface area (Å²) in [6, 6.07) is 10.9. The molecule has 20 heavy (non-hydrogen) atoms. The summed E-state index contributed by atoms with van der Waals surface area (Å²) in [5.41, 5.74) is 1.58. The fraction of sp³-hybridized carbons (Fsp3) is 0.600. The molecule has 2 rings (SSSR count). The first kappa shape index (κ1) is 15.2. The number of benzene rings is 1. The lowest BCUT2D eigenvalue weighted by Crippen LogP contribution is -2.12. The van der Waals surface area contributed by atoms with Crippen LogP contribution >= 0.6 is 0 Å². The first-order valence-corrected chi connectivity index (χ1v) is 8.11. The Morgan fingerprint density at radius 2 is 1.75 bits per heavy atom. The zero-order valence-corrected chi connectivity index (χ0v) is 13.3. The summed E-state index contributed by atoms with van der Waals surface area (Å²) in [5, 5.41) is 0. The molecule has 0 spiro atoms. The maximum Gasteiger partial charge on any atom is 0.0234 e. The van der Waals surface area contributed by atoms with Gasteiger partial charge in [-0.1, -0.05) is 55.0 Å². The minimum absolute atomic E-state index is 0.129. The van der Waals surface area contributed by atoms with E-state index in [1.54, 1.807) is 0 Å². The zero-order chi connectivity index (χ0) is 14.4. The Morgan fingerprint density at radius 1 is 1.10 bits per heavy atom. The highest BCUT2D eigenvalue weighted by Gasteiger charge is 2.23. The topological polar surface area (TPSA) is 0 Å². The third-order valence-electron chi connectivity index (χ3n) is 4.19. The van der Waals surface area contributed by atoms with Gasteiger partial charge in [-0.15, -0.1) is 0 Å². The molecule has 0 aliphatic heterocycles. The molecule has 0 heteroatoms. The Bertz CT molecular complexity index is 446. The highest BCUT2D eigenvalue weighted by molar-refractivity contribution is 5.17. The van der Waals surface area contributed by atoms with E-state index < -0.39 is 0 Å². The summed E-state index contributed by atoms with van der Waals surface area (Å²) >= 11 is 0. The van der Waals surface area contributed by atoms with Crippen LogP contribution in [0.5, 0.6) is 0 Å². The van der Waals surface area contributed by atoms with E-state index in [2.05, 4.69) is 62.9 Å². The van der Waals surface area contributed by atoms with Crippen LogP contribution in [0.15, 0.2) is 30.3 Å². The molecule has 0 heterocycles. The quantitative estimate of drug-likeness (QED) is 0.635. The van der Waals surface area contributed by atoms with Gasteiger partial charge in [-0.05, 0) is 57.9 Å². The van der Waals surface area contributed by atoms with Crippen LogP contribution in [-0.4, -0.2) is 0 Å². The smallest absolute Gasteiger partial charge is 0.0234 e. The van der Waals surface area contributed by atoms with Crippen LogP contribution in [0.25, 0.3) is 0 Å². The highest BCUT2D eigenvalue weighted by Crippen LogP contribution is 2.33. The van der Waals surface area contributed by atoms with Crippen molar-refractivity contribution in [3.63, 3.8) is 0 Å². The van der Waals surface area contributed by atoms with Crippen LogP contribution < -0.4 is 0 Å². The van der Waals surface area contributed by atoms with E-state index in [1.165, 1.54) is 44.1 Å². The SMILES string of the molecule is CC(C)(C)C#CC(CCc1ccccc1)C1CCCC1. The molecule has 1 aromatic rings. The van der Waals surface area contributed by atoms with Gasteiger partial charge >= 0.3 is 0 Å². The molecule has 1 unspecified atom stereocenters. The fourth-order valence-corrected chi connectivity index (χ4v) is 3.06. The summed E-state index contributed by atoms with van der Waals surface area (Å²) in [6.45, 7) is 6.63. The Balaban J connectivity index is 2.00. The van der Waals surface area contributed by atoms with Gasteiger partial charge in [0.15, 0.2) is 0 Å². The molecule has 1 aromatic carbocycles. The Morgan fingerprint density at radius 3 is 2.35 bits per heavy atom. The standard InChI is InChI=1S/C20H28/c1-20(2,3)16-15-19(18-11-7-8-12-18)14-13-17-9-5-4-6-10-17/h4-6,9-10,18-19H,7-8,11-14H2,1-3H3. The van der Waals surface area contributed by atoms with Crippen molar-refractivity contribution in [1.82, 2.24) is 0 Å². The Labute approximate surface area is 125 Å². The maximum absolute atomic E-state index is 3.62. The molecule has 1 fully saturated rings. The van der Waals surface area contributed by atoms with E-state index in [9.17, 15) is 0 Å². The molecular formula is C20H28. The Hall–Kier alpha value is -1.22. The number of hydrogen-bond acceptors (Lipinski definition) is 0. The second-order valence-corrected chi connectivity index (χ2v) is 7.19. The summed E-state index contributed by atoms with van der Waals surface area (Å²) in [6.07, 6.45) is 7.97. The van der Waals surface area contributed by atoms with Crippen molar-refractivity contribution in [3.8, 4) is 11.8 Å². The van der Waals surface area contributed by atoms with Gasteiger partial charge in [-0.3, -0.25) is 0 Å². The highest BCUT2D eigenvalue weighted by atomic mass is 14.3. The van der Waals surface area contributed by atoms with Gasteiger partial charge in [-0.2, -0.15) is 0 Å². The number of rotatable bonds is 4. The second-order valence-electron chi connectivity index (χ2n) is 7.19. The molecule has 0 amide bonds. The van der Waals surface area contributed by atoms with Crippen molar-refractivity contribution in [2.45, 2.75) is 59.3 Å². The van der Waals surface area contributed by atoms with Crippen LogP contribution in [-0.2, 0) is 6.42 Å². The van der Waals surface area contributed by atoms with Gasteiger partial charge in [0.25, 0.3) is 0 Å². The summed E-state index contributed by atoms with van der Waals surface area (Å²) < 4.78 is 0. The van der Waals surface area contributed by atoms with Gasteiger partial charge in [0.05, 0.1) is 0 Å². The zero-order valence-electron chi connectivity index (χ0n) is 13.3. The van der Waals surface area contributed by atoms with E-state index in [0.29, 0.717) is 5.92 Å². The summed E-state index contributed by atoms with van der Waals surface area (Å²) in [4.78, 5) is 0. The first-order valence-electron chi connectivity index (χ1n) is 8.11. The van der Waals surface area contributed by atoms with Crippen molar-refractivity contribution in [2.24, 2.45) is 17.3 Å². The third kappa shape index (κ3) is 5.04. The van der Waals surface area contributed by atoms with Crippen LogP contribution in [0.2, 0.25) is 0 Å². The van der Waals surface area contributed by atoms with Crippen molar-refractivity contribution in [1.29, 1.82) is 0 Å². The lowest BCUT2D eigenvalue weighted by Gasteiger charge is -2.19. The maximum atomic E-state index is 3.62. The van der Waals surface area contributed by atoms with Crippen LogP contribution in [0.1, 0.15) is 58.4 Å². The second kappa shape index (κ2) is 6.98. The average Bonchev–Trinajstić information content (AvgIpc) is 2.93. The van der Waals surface area contributed by atoms with Crippen molar-refractivity contribution in [2.75, 3.05) is 0 Å². The Kier molecular flexibility index (Phi) is 5.30. The third-order valence-corrected chi connectivity index (χ3v) is 4.19. The normalized spacial score (nSPS) is 17.6. The lowest BCUT2D eigenvalue weighted by molar-refractivity contribution is 0.394. The van der Waals surface area contributed by atoms with Crippen molar-refractivity contribution < 1.29 is 0 Å². The number of aryl methyl sites for hydroxylation is 1. The monoisotopic (exact) mass is 268 g/mol. The molecule has 1 aliphatic rings. The van der Waals surface area contributed by atoms with Gasteiger partial charge in [0.2, 0.25) is 0 Å². The lowest BCUT2D eigenvalue weighted by atomic mass is 9.85. The first-order chi connectivity index (χ1) is 9.54. The largest absolute Gasteiger partial charge is 0.0990 e. The molecule has 1 saturated carbocycles. The van der Waals surface area contributed by atoms with Gasteiger partial charge in [0, 0.05) is 11.3 Å². The molecule has 0 radical (unpaired) electrons. The predicted octanol–water partition coefficient (Wildman–Crippen LogP) is 5.48. The van der Waals surface area contributed by atoms with Crippen molar-refractivity contribution >= 4 is 0 Å². The van der Waals surface area contributed by atoms with Crippen LogP contribution in [0.3, 0.4) is 0 Å². The molecule has 0 saturated heterocycles. The molecular weight excluding hydrogens is 240 g/mol. The molecule has 1 aliphatic carbocycles. The summed E-state index contributed by atoms with van der Waals surface area (Å²) in [5.74, 6) is 8.54. The van der Waals surface area contributed by atoms with Crippen molar-refractivity contribution in [3.05, 3.63) is 35.9 Å². The molecule has 108 valence electrons. The van der Waals surface area contributed by atoms with Crippen LogP contribution in [0.4, 0.5) is 0 Å². The van der Waals surface area contributed by atoms with E-state index in [4.69, 9.17) is 0 Å². The van der Waals surface area contributed by atoms with E-state index >= 15 is 0 Å². The van der Waals surface area contributed by atoms with Crippen LogP contribution in [0, 0.1) is 29.1 Å². The van der Waals surface area contributed by atoms with E-state index in [-0.39, 0.29) is 5.41 Å². The van der Waals surface area contributed by atoms with E-state index in [0.717, 1.165) is 5.92 Å². The fourth-order valence-electron chi connectivity index (χ4n) is 3.06. The molecule has 0 bridgehead atoms. The average molecular weight is 268 g/mol.